The van der Waals surface area contributed by atoms with Gasteiger partial charge in [-0.3, -0.25) is 4.79 Å². The lowest BCUT2D eigenvalue weighted by molar-refractivity contribution is 0.0999. The van der Waals surface area contributed by atoms with Crippen LogP contribution in [0.2, 0.25) is 0 Å². The summed E-state index contributed by atoms with van der Waals surface area (Å²) in [6, 6.07) is 6.41. The maximum absolute atomic E-state index is 11.1. The maximum Gasteiger partial charge on any atom is 0.248 e. The van der Waals surface area contributed by atoms with E-state index in [9.17, 15) is 4.79 Å². The topological polar surface area (TPSA) is 104 Å². The molecule has 1 aromatic carbocycles. The summed E-state index contributed by atoms with van der Waals surface area (Å²) in [6.45, 7) is 3.62. The summed E-state index contributed by atoms with van der Waals surface area (Å²) in [7, 11) is 0. The van der Waals surface area contributed by atoms with E-state index in [1.807, 2.05) is 6.92 Å². The van der Waals surface area contributed by atoms with Gasteiger partial charge < -0.3 is 20.7 Å². The zero-order chi connectivity index (χ0) is 14.0. The molecule has 1 aromatic heterocycles. The van der Waals surface area contributed by atoms with E-state index < -0.39 is 5.91 Å². The number of rotatable bonds is 4. The summed E-state index contributed by atoms with van der Waals surface area (Å²) >= 11 is 0. The third-order valence-corrected chi connectivity index (χ3v) is 2.65. The van der Waals surface area contributed by atoms with Crippen LogP contribution in [0, 0.1) is 6.92 Å². The Morgan fingerprint density at radius 2 is 2.16 bits per heavy atom. The highest BCUT2D eigenvalue weighted by molar-refractivity contribution is 5.93. The van der Waals surface area contributed by atoms with Crippen molar-refractivity contribution in [1.82, 2.24) is 5.16 Å². The lowest BCUT2D eigenvalue weighted by Crippen LogP contribution is -2.12. The molecule has 1 atom stereocenters. The average Bonchev–Trinajstić information content (AvgIpc) is 2.78. The molecular formula is C13H15N3O3. The van der Waals surface area contributed by atoms with E-state index in [4.69, 9.17) is 20.7 Å². The first kappa shape index (κ1) is 12.9. The van der Waals surface area contributed by atoms with Gasteiger partial charge in [0.2, 0.25) is 5.91 Å². The number of hydrogen-bond acceptors (Lipinski definition) is 5. The molecule has 1 amide bonds. The number of nitrogens with two attached hydrogens (primary N) is 2. The zero-order valence-electron chi connectivity index (χ0n) is 10.7. The van der Waals surface area contributed by atoms with Crippen LogP contribution in [0.4, 0.5) is 5.69 Å². The first-order chi connectivity index (χ1) is 8.97. The number of ether oxygens (including phenoxy) is 1. The Morgan fingerprint density at radius 1 is 1.42 bits per heavy atom. The van der Waals surface area contributed by atoms with Crippen LogP contribution in [0.1, 0.15) is 34.8 Å². The van der Waals surface area contributed by atoms with E-state index in [-0.39, 0.29) is 6.10 Å². The van der Waals surface area contributed by atoms with Gasteiger partial charge in [0, 0.05) is 11.6 Å². The summed E-state index contributed by atoms with van der Waals surface area (Å²) in [5.41, 5.74) is 12.5. The predicted molar refractivity (Wildman–Crippen MR) is 69.7 cm³/mol. The number of amides is 1. The number of nitrogens with zero attached hydrogens (tertiary/aromatic N) is 1. The Morgan fingerprint density at radius 3 is 2.74 bits per heavy atom. The number of anilines is 1. The van der Waals surface area contributed by atoms with Crippen molar-refractivity contribution in [2.45, 2.75) is 20.0 Å². The van der Waals surface area contributed by atoms with Crippen molar-refractivity contribution in [1.29, 1.82) is 0 Å². The van der Waals surface area contributed by atoms with Gasteiger partial charge in [-0.2, -0.15) is 0 Å². The number of carbonyl (C=O) groups is 1. The van der Waals surface area contributed by atoms with E-state index in [0.29, 0.717) is 22.8 Å². The number of nitrogen functional groups attached to an aromatic ring is 1. The van der Waals surface area contributed by atoms with Gasteiger partial charge in [0.15, 0.2) is 11.9 Å². The first-order valence-electron chi connectivity index (χ1n) is 5.76. The van der Waals surface area contributed by atoms with E-state index in [1.165, 1.54) is 6.07 Å². The molecular weight excluding hydrogens is 246 g/mol. The molecule has 0 aliphatic rings. The molecule has 4 N–H and O–H groups in total. The Bertz CT molecular complexity index is 607. The normalized spacial score (nSPS) is 12.1. The molecule has 0 aliphatic carbocycles. The van der Waals surface area contributed by atoms with Crippen molar-refractivity contribution in [3.8, 4) is 5.75 Å². The van der Waals surface area contributed by atoms with Crippen molar-refractivity contribution in [3.05, 3.63) is 41.3 Å². The summed E-state index contributed by atoms with van der Waals surface area (Å²) in [4.78, 5) is 11.1. The van der Waals surface area contributed by atoms with Gasteiger partial charge in [-0.15, -0.1) is 0 Å². The molecule has 6 nitrogen and oxygen atoms in total. The monoisotopic (exact) mass is 261 g/mol. The fourth-order valence-corrected chi connectivity index (χ4v) is 1.61. The average molecular weight is 261 g/mol. The molecule has 6 heteroatoms. The summed E-state index contributed by atoms with van der Waals surface area (Å²) in [5.74, 6) is 0.437. The first-order valence-corrected chi connectivity index (χ1v) is 5.76. The second-order valence-corrected chi connectivity index (χ2v) is 4.25. The van der Waals surface area contributed by atoms with Crippen molar-refractivity contribution < 1.29 is 14.1 Å². The fourth-order valence-electron chi connectivity index (χ4n) is 1.61. The highest BCUT2D eigenvalue weighted by atomic mass is 16.5. The maximum atomic E-state index is 11.1. The van der Waals surface area contributed by atoms with Crippen molar-refractivity contribution in [2.24, 2.45) is 5.73 Å². The molecule has 0 spiro atoms. The third kappa shape index (κ3) is 2.85. The predicted octanol–water partition coefficient (Wildman–Crippen LogP) is 1.80. The molecule has 2 aromatic rings. The smallest absolute Gasteiger partial charge is 0.248 e. The summed E-state index contributed by atoms with van der Waals surface area (Å²) in [6.07, 6.45) is -0.369. The van der Waals surface area contributed by atoms with E-state index in [1.54, 1.807) is 25.1 Å². The van der Waals surface area contributed by atoms with Crippen LogP contribution in [0.15, 0.2) is 28.8 Å². The van der Waals surface area contributed by atoms with Crippen molar-refractivity contribution in [3.63, 3.8) is 0 Å². The van der Waals surface area contributed by atoms with Crippen LogP contribution in [-0.2, 0) is 0 Å². The number of aryl methyl sites for hydroxylation is 1. The van der Waals surface area contributed by atoms with Crippen LogP contribution < -0.4 is 16.2 Å². The van der Waals surface area contributed by atoms with Crippen molar-refractivity contribution >= 4 is 11.6 Å². The van der Waals surface area contributed by atoms with Crippen LogP contribution in [0.3, 0.4) is 0 Å². The molecule has 0 bridgehead atoms. The van der Waals surface area contributed by atoms with Gasteiger partial charge in [0.05, 0.1) is 11.4 Å². The fraction of sp³-hybridized carbons (Fsp3) is 0.231. The second kappa shape index (κ2) is 5.01. The molecule has 0 saturated heterocycles. The number of hydrogen-bond donors (Lipinski definition) is 2. The molecule has 19 heavy (non-hydrogen) atoms. The van der Waals surface area contributed by atoms with Gasteiger partial charge in [0.1, 0.15) is 5.75 Å². The van der Waals surface area contributed by atoms with Gasteiger partial charge in [-0.25, -0.2) is 0 Å². The minimum absolute atomic E-state index is 0.338. The second-order valence-electron chi connectivity index (χ2n) is 4.25. The highest BCUT2D eigenvalue weighted by Gasteiger charge is 2.15. The highest BCUT2D eigenvalue weighted by Crippen LogP contribution is 2.28. The molecule has 0 radical (unpaired) electrons. The lowest BCUT2D eigenvalue weighted by Gasteiger charge is -2.14. The summed E-state index contributed by atoms with van der Waals surface area (Å²) < 4.78 is 10.8. The Balaban J connectivity index is 2.22. The quantitative estimate of drug-likeness (QED) is 0.816. The number of benzene rings is 1. The Kier molecular flexibility index (Phi) is 3.41. The SMILES string of the molecule is Cc1cc(C(C)Oc2cc(C(N)=O)ccc2N)on1. The van der Waals surface area contributed by atoms with Gasteiger partial charge >= 0.3 is 0 Å². The van der Waals surface area contributed by atoms with E-state index in [2.05, 4.69) is 5.16 Å². The zero-order valence-corrected chi connectivity index (χ0v) is 10.7. The Hall–Kier alpha value is -2.50. The van der Waals surface area contributed by atoms with E-state index >= 15 is 0 Å². The molecule has 2 rings (SSSR count). The van der Waals surface area contributed by atoms with Crippen LogP contribution in [-0.4, -0.2) is 11.1 Å². The number of carbonyl (C=O) groups excluding carboxylic acids is 1. The largest absolute Gasteiger partial charge is 0.480 e. The van der Waals surface area contributed by atoms with E-state index in [0.717, 1.165) is 5.69 Å². The Labute approximate surface area is 110 Å². The van der Waals surface area contributed by atoms with Crippen molar-refractivity contribution in [2.75, 3.05) is 5.73 Å². The van der Waals surface area contributed by atoms with Crippen LogP contribution in [0.5, 0.6) is 5.75 Å². The molecule has 0 aliphatic heterocycles. The molecule has 100 valence electrons. The minimum atomic E-state index is -0.534. The molecule has 1 unspecified atom stereocenters. The lowest BCUT2D eigenvalue weighted by atomic mass is 10.2. The van der Waals surface area contributed by atoms with Gasteiger partial charge in [-0.1, -0.05) is 5.16 Å². The third-order valence-electron chi connectivity index (χ3n) is 2.65. The standard InChI is InChI=1S/C13H15N3O3/c1-7-5-11(19-16-7)8(2)18-12-6-9(13(15)17)3-4-10(12)14/h3-6,8H,14H2,1-2H3,(H2,15,17). The van der Waals surface area contributed by atoms with Gasteiger partial charge in [0.25, 0.3) is 0 Å². The van der Waals surface area contributed by atoms with Crippen LogP contribution in [0.25, 0.3) is 0 Å². The van der Waals surface area contributed by atoms with Gasteiger partial charge in [-0.05, 0) is 32.0 Å². The number of aromatic nitrogens is 1. The molecule has 1 heterocycles. The number of primary amides is 1. The minimum Gasteiger partial charge on any atom is -0.480 e. The molecule has 0 fully saturated rings. The summed E-state index contributed by atoms with van der Waals surface area (Å²) in [5, 5.41) is 3.79. The van der Waals surface area contributed by atoms with Crippen LogP contribution >= 0.6 is 0 Å². The molecule has 0 saturated carbocycles.